The first-order valence-corrected chi connectivity index (χ1v) is 7.70. The number of ether oxygens (including phenoxy) is 1. The number of rotatable bonds is 7. The second kappa shape index (κ2) is 8.73. The van der Waals surface area contributed by atoms with Crippen LogP contribution in [0.2, 0.25) is 0 Å². The second-order valence-electron chi connectivity index (χ2n) is 5.30. The van der Waals surface area contributed by atoms with Gasteiger partial charge in [0.25, 0.3) is 0 Å². The average molecular weight is 310 g/mol. The third-order valence-corrected chi connectivity index (χ3v) is 3.57. The molecule has 1 amide bonds. The summed E-state index contributed by atoms with van der Waals surface area (Å²) < 4.78 is 5.12. The molecule has 120 valence electrons. The van der Waals surface area contributed by atoms with Crippen molar-refractivity contribution in [2.75, 3.05) is 7.11 Å². The Labute approximate surface area is 137 Å². The first-order chi connectivity index (χ1) is 11.2. The van der Waals surface area contributed by atoms with Gasteiger partial charge in [0.2, 0.25) is 5.91 Å². The van der Waals surface area contributed by atoms with Gasteiger partial charge in [-0.1, -0.05) is 30.3 Å². The van der Waals surface area contributed by atoms with Crippen LogP contribution in [0.3, 0.4) is 0 Å². The van der Waals surface area contributed by atoms with E-state index in [1.165, 1.54) is 5.56 Å². The molecule has 0 aromatic heterocycles. The molecule has 2 aromatic carbocycles. The Hall–Kier alpha value is -2.62. The number of nitrogens with zero attached hydrogens (tertiary/aromatic N) is 1. The van der Waals surface area contributed by atoms with Crippen LogP contribution in [0.4, 0.5) is 0 Å². The minimum Gasteiger partial charge on any atom is -0.497 e. The SMILES string of the molecule is COc1ccc(/C(C)=N\NC(=O)CCCc2ccccc2)cc1. The van der Waals surface area contributed by atoms with E-state index in [-0.39, 0.29) is 5.91 Å². The molecule has 0 atom stereocenters. The fraction of sp³-hybridized carbons (Fsp3) is 0.263. The van der Waals surface area contributed by atoms with E-state index >= 15 is 0 Å². The number of methoxy groups -OCH3 is 1. The smallest absolute Gasteiger partial charge is 0.240 e. The fourth-order valence-corrected chi connectivity index (χ4v) is 2.20. The van der Waals surface area contributed by atoms with Crippen molar-refractivity contribution < 1.29 is 9.53 Å². The molecule has 0 saturated heterocycles. The van der Waals surface area contributed by atoms with E-state index in [1.54, 1.807) is 7.11 Å². The molecule has 2 rings (SSSR count). The van der Waals surface area contributed by atoms with Gasteiger partial charge in [0.1, 0.15) is 5.75 Å². The van der Waals surface area contributed by atoms with Crippen LogP contribution in [0.15, 0.2) is 59.7 Å². The molecule has 0 unspecified atom stereocenters. The Morgan fingerprint density at radius 3 is 2.43 bits per heavy atom. The normalized spacial score (nSPS) is 11.1. The second-order valence-corrected chi connectivity index (χ2v) is 5.30. The molecule has 23 heavy (non-hydrogen) atoms. The number of nitrogens with one attached hydrogen (secondary N) is 1. The quantitative estimate of drug-likeness (QED) is 0.628. The lowest BCUT2D eigenvalue weighted by molar-refractivity contribution is -0.121. The molecular weight excluding hydrogens is 288 g/mol. The van der Waals surface area contributed by atoms with Crippen LogP contribution < -0.4 is 10.2 Å². The van der Waals surface area contributed by atoms with E-state index in [2.05, 4.69) is 22.7 Å². The number of hydrazone groups is 1. The van der Waals surface area contributed by atoms with Crippen molar-refractivity contribution in [3.8, 4) is 5.75 Å². The van der Waals surface area contributed by atoms with E-state index < -0.39 is 0 Å². The Bertz CT molecular complexity index is 649. The number of hydrogen-bond donors (Lipinski definition) is 1. The van der Waals surface area contributed by atoms with Crippen LogP contribution in [0.25, 0.3) is 0 Å². The molecule has 0 aliphatic rings. The highest BCUT2D eigenvalue weighted by molar-refractivity contribution is 5.99. The predicted octanol–water partition coefficient (Wildman–Crippen LogP) is 3.56. The highest BCUT2D eigenvalue weighted by Crippen LogP contribution is 2.11. The summed E-state index contributed by atoms with van der Waals surface area (Å²) in [5.41, 5.74) is 5.58. The number of benzene rings is 2. The summed E-state index contributed by atoms with van der Waals surface area (Å²) in [5.74, 6) is 0.736. The Morgan fingerprint density at radius 1 is 1.09 bits per heavy atom. The molecule has 0 radical (unpaired) electrons. The third kappa shape index (κ3) is 5.58. The number of amides is 1. The molecule has 0 fully saturated rings. The van der Waals surface area contributed by atoms with Crippen molar-refractivity contribution in [1.82, 2.24) is 5.43 Å². The maximum Gasteiger partial charge on any atom is 0.240 e. The van der Waals surface area contributed by atoms with E-state index in [4.69, 9.17) is 4.74 Å². The maximum absolute atomic E-state index is 11.8. The zero-order valence-electron chi connectivity index (χ0n) is 13.6. The topological polar surface area (TPSA) is 50.7 Å². The van der Waals surface area contributed by atoms with Gasteiger partial charge < -0.3 is 4.74 Å². The van der Waals surface area contributed by atoms with Gasteiger partial charge in [0, 0.05) is 6.42 Å². The predicted molar refractivity (Wildman–Crippen MR) is 92.7 cm³/mol. The molecule has 4 nitrogen and oxygen atoms in total. The van der Waals surface area contributed by atoms with E-state index in [9.17, 15) is 4.79 Å². The van der Waals surface area contributed by atoms with Gasteiger partial charge in [-0.3, -0.25) is 4.79 Å². The highest BCUT2D eigenvalue weighted by atomic mass is 16.5. The molecule has 4 heteroatoms. The van der Waals surface area contributed by atoms with Gasteiger partial charge in [0.05, 0.1) is 12.8 Å². The summed E-state index contributed by atoms with van der Waals surface area (Å²) in [5, 5.41) is 4.15. The molecule has 0 aliphatic heterocycles. The van der Waals surface area contributed by atoms with Crippen molar-refractivity contribution in [2.24, 2.45) is 5.10 Å². The number of hydrogen-bond acceptors (Lipinski definition) is 3. The molecule has 0 saturated carbocycles. The minimum atomic E-state index is -0.0613. The largest absolute Gasteiger partial charge is 0.497 e. The van der Waals surface area contributed by atoms with Gasteiger partial charge in [0.15, 0.2) is 0 Å². The number of carbonyl (C=O) groups excluding carboxylic acids is 1. The Balaban J connectivity index is 1.77. The van der Waals surface area contributed by atoms with Gasteiger partial charge in [-0.25, -0.2) is 5.43 Å². The molecule has 0 heterocycles. The standard InChI is InChI=1S/C19H22N2O2/c1-15(17-11-13-18(23-2)14-12-17)20-21-19(22)10-6-9-16-7-4-3-5-8-16/h3-5,7-8,11-14H,6,9-10H2,1-2H3,(H,21,22)/b20-15-. The highest BCUT2D eigenvalue weighted by Gasteiger charge is 2.02. The molecule has 0 spiro atoms. The summed E-state index contributed by atoms with van der Waals surface area (Å²) in [6.07, 6.45) is 2.18. The summed E-state index contributed by atoms with van der Waals surface area (Å²) in [6.45, 7) is 1.87. The van der Waals surface area contributed by atoms with Gasteiger partial charge in [-0.05, 0) is 55.2 Å². The van der Waals surface area contributed by atoms with Crippen LogP contribution in [0, 0.1) is 0 Å². The van der Waals surface area contributed by atoms with Gasteiger partial charge in [-0.15, -0.1) is 0 Å². The summed E-state index contributed by atoms with van der Waals surface area (Å²) >= 11 is 0. The zero-order chi connectivity index (χ0) is 16.5. The van der Waals surface area contributed by atoms with E-state index in [0.717, 1.165) is 29.9 Å². The zero-order valence-corrected chi connectivity index (χ0v) is 13.6. The molecular formula is C19H22N2O2. The molecule has 1 N–H and O–H groups in total. The minimum absolute atomic E-state index is 0.0613. The van der Waals surface area contributed by atoms with Crippen LogP contribution in [-0.2, 0) is 11.2 Å². The Kier molecular flexibility index (Phi) is 6.36. The molecule has 2 aromatic rings. The first-order valence-electron chi connectivity index (χ1n) is 7.70. The summed E-state index contributed by atoms with van der Waals surface area (Å²) in [6, 6.07) is 17.7. The van der Waals surface area contributed by atoms with Crippen LogP contribution in [0.1, 0.15) is 30.9 Å². The van der Waals surface area contributed by atoms with Crippen molar-refractivity contribution in [2.45, 2.75) is 26.2 Å². The number of aryl methyl sites for hydroxylation is 1. The molecule has 0 bridgehead atoms. The van der Waals surface area contributed by atoms with Crippen molar-refractivity contribution in [3.63, 3.8) is 0 Å². The van der Waals surface area contributed by atoms with Crippen molar-refractivity contribution >= 4 is 11.6 Å². The number of carbonyl (C=O) groups is 1. The van der Waals surface area contributed by atoms with E-state index in [1.807, 2.05) is 49.4 Å². The average Bonchev–Trinajstić information content (AvgIpc) is 2.60. The van der Waals surface area contributed by atoms with Crippen molar-refractivity contribution in [1.29, 1.82) is 0 Å². The lowest BCUT2D eigenvalue weighted by Crippen LogP contribution is -2.19. The fourth-order valence-electron chi connectivity index (χ4n) is 2.20. The lowest BCUT2D eigenvalue weighted by Gasteiger charge is -2.05. The van der Waals surface area contributed by atoms with Gasteiger partial charge in [-0.2, -0.15) is 5.10 Å². The maximum atomic E-state index is 11.8. The van der Waals surface area contributed by atoms with Crippen LogP contribution >= 0.6 is 0 Å². The summed E-state index contributed by atoms with van der Waals surface area (Å²) in [7, 11) is 1.63. The Morgan fingerprint density at radius 2 is 1.78 bits per heavy atom. The monoisotopic (exact) mass is 310 g/mol. The van der Waals surface area contributed by atoms with Crippen LogP contribution in [-0.4, -0.2) is 18.7 Å². The van der Waals surface area contributed by atoms with Gasteiger partial charge >= 0.3 is 0 Å². The first kappa shape index (κ1) is 16.7. The lowest BCUT2D eigenvalue weighted by atomic mass is 10.1. The summed E-state index contributed by atoms with van der Waals surface area (Å²) in [4.78, 5) is 11.8. The van der Waals surface area contributed by atoms with E-state index in [0.29, 0.717) is 6.42 Å². The van der Waals surface area contributed by atoms with Crippen molar-refractivity contribution in [3.05, 3.63) is 65.7 Å². The van der Waals surface area contributed by atoms with Crippen LogP contribution in [0.5, 0.6) is 5.75 Å². The third-order valence-electron chi connectivity index (χ3n) is 3.57. The molecule has 0 aliphatic carbocycles.